The number of carbonyl (C=O) groups excluding carboxylic acids is 2. The minimum atomic E-state index is -0.450. The lowest BCUT2D eigenvalue weighted by Crippen LogP contribution is -2.44. The third kappa shape index (κ3) is 7.15. The second-order valence-electron chi connectivity index (χ2n) is 6.97. The van der Waals surface area contributed by atoms with Crippen molar-refractivity contribution in [3.8, 4) is 0 Å². The number of rotatable bonds is 9. The summed E-state index contributed by atoms with van der Waals surface area (Å²) >= 11 is 1.64. The van der Waals surface area contributed by atoms with Gasteiger partial charge < -0.3 is 5.32 Å². The highest BCUT2D eigenvalue weighted by atomic mass is 32.1. The molecule has 3 amide bonds. The van der Waals surface area contributed by atoms with Gasteiger partial charge in [-0.2, -0.15) is 0 Å². The topological polar surface area (TPSA) is 70.2 Å². The molecule has 146 valence electrons. The van der Waals surface area contributed by atoms with Crippen LogP contribution in [0.2, 0.25) is 0 Å². The first-order chi connectivity index (χ1) is 13.0. The van der Waals surface area contributed by atoms with Crippen molar-refractivity contribution in [3.63, 3.8) is 0 Å². The smallest absolute Gasteiger partial charge is 0.321 e. The summed E-state index contributed by atoms with van der Waals surface area (Å²) in [5.41, 5.74) is 2.41. The van der Waals surface area contributed by atoms with Crippen LogP contribution < -0.4 is 16.0 Å². The zero-order chi connectivity index (χ0) is 19.6. The number of hydrogen-bond donors (Lipinski definition) is 3. The molecule has 0 aliphatic rings. The molecule has 1 atom stereocenters. The van der Waals surface area contributed by atoms with Crippen molar-refractivity contribution < 1.29 is 9.59 Å². The van der Waals surface area contributed by atoms with E-state index in [-0.39, 0.29) is 18.5 Å². The molecule has 0 saturated heterocycles. The van der Waals surface area contributed by atoms with E-state index in [0.29, 0.717) is 12.5 Å². The number of imide groups is 1. The Bertz CT molecular complexity index is 712. The summed E-state index contributed by atoms with van der Waals surface area (Å²) < 4.78 is 0. The van der Waals surface area contributed by atoms with Crippen molar-refractivity contribution in [1.82, 2.24) is 16.0 Å². The molecular weight excluding hydrogens is 358 g/mol. The lowest BCUT2D eigenvalue weighted by atomic mass is 9.99. The first-order valence-corrected chi connectivity index (χ1v) is 10.3. The predicted octanol–water partition coefficient (Wildman–Crippen LogP) is 3.86. The van der Waals surface area contributed by atoms with Crippen LogP contribution in [-0.4, -0.2) is 25.0 Å². The first-order valence-electron chi connectivity index (χ1n) is 9.43. The van der Waals surface area contributed by atoms with Crippen LogP contribution in [0.4, 0.5) is 4.79 Å². The van der Waals surface area contributed by atoms with Gasteiger partial charge in [0.25, 0.3) is 0 Å². The molecule has 0 aliphatic heterocycles. The summed E-state index contributed by atoms with van der Waals surface area (Å²) in [6.07, 6.45) is 1.87. The van der Waals surface area contributed by atoms with Gasteiger partial charge in [-0.3, -0.25) is 15.4 Å². The molecule has 1 aromatic heterocycles. The molecule has 2 aromatic rings. The van der Waals surface area contributed by atoms with Crippen LogP contribution in [0.25, 0.3) is 0 Å². The van der Waals surface area contributed by atoms with E-state index in [1.54, 1.807) is 11.3 Å². The molecule has 1 aromatic carbocycles. The molecule has 0 unspecified atom stereocenters. The van der Waals surface area contributed by atoms with Crippen molar-refractivity contribution in [1.29, 1.82) is 0 Å². The lowest BCUT2D eigenvalue weighted by molar-refractivity contribution is -0.119. The molecule has 5 nitrogen and oxygen atoms in total. The predicted molar refractivity (Wildman–Crippen MR) is 111 cm³/mol. The Labute approximate surface area is 165 Å². The van der Waals surface area contributed by atoms with Gasteiger partial charge in [0.15, 0.2) is 0 Å². The monoisotopic (exact) mass is 387 g/mol. The fourth-order valence-corrected chi connectivity index (χ4v) is 3.63. The van der Waals surface area contributed by atoms with Gasteiger partial charge in [-0.05, 0) is 41.3 Å². The molecule has 3 N–H and O–H groups in total. The van der Waals surface area contributed by atoms with Crippen LogP contribution in [0.15, 0.2) is 41.8 Å². The van der Waals surface area contributed by atoms with Crippen LogP contribution in [0.5, 0.6) is 0 Å². The highest BCUT2D eigenvalue weighted by Gasteiger charge is 2.17. The van der Waals surface area contributed by atoms with Gasteiger partial charge in [0, 0.05) is 11.4 Å². The third-order valence-electron chi connectivity index (χ3n) is 4.04. The van der Waals surface area contributed by atoms with E-state index in [4.69, 9.17) is 0 Å². The Morgan fingerprint density at radius 3 is 2.44 bits per heavy atom. The van der Waals surface area contributed by atoms with Gasteiger partial charge in [0.2, 0.25) is 5.91 Å². The molecule has 0 saturated carbocycles. The van der Waals surface area contributed by atoms with Crippen LogP contribution in [-0.2, 0) is 11.2 Å². The van der Waals surface area contributed by atoms with Crippen molar-refractivity contribution in [2.24, 2.45) is 5.92 Å². The number of urea groups is 1. The Morgan fingerprint density at radius 1 is 1.11 bits per heavy atom. The van der Waals surface area contributed by atoms with Crippen LogP contribution in [0.3, 0.4) is 0 Å². The van der Waals surface area contributed by atoms with E-state index in [9.17, 15) is 9.59 Å². The van der Waals surface area contributed by atoms with Crippen LogP contribution >= 0.6 is 11.3 Å². The summed E-state index contributed by atoms with van der Waals surface area (Å²) in [7, 11) is 0. The maximum Gasteiger partial charge on any atom is 0.321 e. The Balaban J connectivity index is 2.01. The molecule has 2 rings (SSSR count). The fourth-order valence-electron chi connectivity index (χ4n) is 2.80. The quantitative estimate of drug-likeness (QED) is 0.612. The molecule has 1 heterocycles. The molecular formula is C21H29N3O2S. The van der Waals surface area contributed by atoms with Crippen LogP contribution in [0.1, 0.15) is 49.2 Å². The van der Waals surface area contributed by atoms with Gasteiger partial charge in [-0.15, -0.1) is 11.3 Å². The minimum absolute atomic E-state index is 0.0653. The second kappa shape index (κ2) is 10.8. The van der Waals surface area contributed by atoms with Crippen molar-refractivity contribution in [2.45, 2.75) is 39.7 Å². The fraction of sp³-hybridized carbons (Fsp3) is 0.429. The van der Waals surface area contributed by atoms with E-state index in [2.05, 4.69) is 60.1 Å². The van der Waals surface area contributed by atoms with E-state index in [1.807, 2.05) is 18.4 Å². The van der Waals surface area contributed by atoms with Gasteiger partial charge in [-0.25, -0.2) is 4.79 Å². The zero-order valence-electron chi connectivity index (χ0n) is 16.2. The van der Waals surface area contributed by atoms with Crippen molar-refractivity contribution in [2.75, 3.05) is 13.1 Å². The van der Waals surface area contributed by atoms with Crippen molar-refractivity contribution in [3.05, 3.63) is 57.8 Å². The molecule has 0 aliphatic carbocycles. The van der Waals surface area contributed by atoms with E-state index in [0.717, 1.165) is 23.3 Å². The third-order valence-corrected chi connectivity index (χ3v) is 4.98. The second-order valence-corrected chi connectivity index (χ2v) is 7.95. The van der Waals surface area contributed by atoms with Gasteiger partial charge in [0.05, 0.1) is 12.6 Å². The largest absolute Gasteiger partial charge is 0.338 e. The molecule has 0 radical (unpaired) electrons. The Hall–Kier alpha value is -2.18. The highest BCUT2D eigenvalue weighted by Crippen LogP contribution is 2.26. The number of thiophene rings is 1. The zero-order valence-corrected chi connectivity index (χ0v) is 17.1. The van der Waals surface area contributed by atoms with Gasteiger partial charge in [0.1, 0.15) is 0 Å². The number of carbonyl (C=O) groups is 2. The minimum Gasteiger partial charge on any atom is -0.338 e. The lowest BCUT2D eigenvalue weighted by Gasteiger charge is -2.18. The molecule has 0 fully saturated rings. The molecule has 6 heteroatoms. The molecule has 27 heavy (non-hydrogen) atoms. The average molecular weight is 388 g/mol. The number of benzene rings is 1. The SMILES string of the molecule is CCCNC(=O)NC(=O)CN[C@@H](c1ccc(CC(C)C)cc1)c1cccs1. The summed E-state index contributed by atoms with van der Waals surface area (Å²) in [5.74, 6) is 0.270. The Morgan fingerprint density at radius 2 is 1.85 bits per heavy atom. The number of hydrogen-bond acceptors (Lipinski definition) is 4. The number of amides is 3. The highest BCUT2D eigenvalue weighted by molar-refractivity contribution is 7.10. The van der Waals surface area contributed by atoms with Gasteiger partial charge >= 0.3 is 6.03 Å². The van der Waals surface area contributed by atoms with E-state index < -0.39 is 6.03 Å². The van der Waals surface area contributed by atoms with Crippen LogP contribution in [0, 0.1) is 5.92 Å². The average Bonchev–Trinajstić information content (AvgIpc) is 3.15. The maximum absolute atomic E-state index is 12.1. The maximum atomic E-state index is 12.1. The molecule has 0 bridgehead atoms. The molecule has 0 spiro atoms. The first kappa shape index (κ1) is 21.1. The number of nitrogens with one attached hydrogen (secondary N) is 3. The summed E-state index contributed by atoms with van der Waals surface area (Å²) in [4.78, 5) is 24.8. The Kier molecular flexibility index (Phi) is 8.48. The summed E-state index contributed by atoms with van der Waals surface area (Å²) in [6.45, 7) is 6.99. The summed E-state index contributed by atoms with van der Waals surface area (Å²) in [6, 6.07) is 12.0. The van der Waals surface area contributed by atoms with E-state index >= 15 is 0 Å². The van der Waals surface area contributed by atoms with Gasteiger partial charge in [-0.1, -0.05) is 51.1 Å². The summed E-state index contributed by atoms with van der Waals surface area (Å²) in [5, 5.41) is 10.3. The van der Waals surface area contributed by atoms with Crippen molar-refractivity contribution >= 4 is 23.3 Å². The van der Waals surface area contributed by atoms with E-state index in [1.165, 1.54) is 5.56 Å². The standard InChI is InChI=1S/C21H29N3O2S/c1-4-11-22-21(26)24-19(25)14-23-20(18-6-5-12-27-18)17-9-7-16(8-10-17)13-15(2)3/h5-10,12,15,20,23H,4,11,13-14H2,1-3H3,(H2,22,24,25,26)/t20-/m0/s1. The normalized spacial score (nSPS) is 12.0.